The Morgan fingerprint density at radius 1 is 1.32 bits per heavy atom. The first kappa shape index (κ1) is 23.6. The van der Waals surface area contributed by atoms with E-state index in [1.54, 1.807) is 26.0 Å². The highest BCUT2D eigenvalue weighted by molar-refractivity contribution is 5.97. The van der Waals surface area contributed by atoms with Crippen LogP contribution >= 0.6 is 0 Å². The molecule has 12 heteroatoms. The number of likely N-dealkylation sites (tertiary alicyclic amines) is 1. The second kappa shape index (κ2) is 9.03. The van der Waals surface area contributed by atoms with E-state index in [-0.39, 0.29) is 30.3 Å². The molecule has 1 aromatic carbocycles. The van der Waals surface area contributed by atoms with Crippen molar-refractivity contribution in [3.05, 3.63) is 47.7 Å². The first-order valence-corrected chi connectivity index (χ1v) is 10.6. The van der Waals surface area contributed by atoms with Crippen LogP contribution in [0.5, 0.6) is 11.5 Å². The highest BCUT2D eigenvalue weighted by Crippen LogP contribution is 2.42. The van der Waals surface area contributed by atoms with E-state index < -0.39 is 42.5 Å². The summed E-state index contributed by atoms with van der Waals surface area (Å²) in [4.78, 5) is 30.4. The molecule has 2 aliphatic heterocycles. The molecule has 1 fully saturated rings. The SMILES string of the molecule is CCOC(=O)[C@@H]1[C@@H](Cc2ccnc(N)c2)C(=O)N1C(O)N[C@H](C)c1ccc2c(c1)OC(F)(F)O2. The van der Waals surface area contributed by atoms with Gasteiger partial charge >= 0.3 is 12.3 Å². The molecule has 4 N–H and O–H groups in total. The number of amides is 1. The van der Waals surface area contributed by atoms with Crippen molar-refractivity contribution in [3.63, 3.8) is 0 Å². The number of esters is 1. The lowest BCUT2D eigenvalue weighted by molar-refractivity contribution is -0.286. The van der Waals surface area contributed by atoms with Crippen LogP contribution in [0.25, 0.3) is 0 Å². The van der Waals surface area contributed by atoms with Crippen LogP contribution in [0.2, 0.25) is 0 Å². The monoisotopic (exact) mass is 478 g/mol. The van der Waals surface area contributed by atoms with Crippen LogP contribution in [0.1, 0.15) is 31.0 Å². The summed E-state index contributed by atoms with van der Waals surface area (Å²) in [6, 6.07) is 5.86. The number of nitrogens with zero attached hydrogens (tertiary/aromatic N) is 2. The second-order valence-electron chi connectivity index (χ2n) is 7.98. The molecule has 0 radical (unpaired) electrons. The molecule has 4 rings (SSSR count). The molecule has 1 amide bonds. The van der Waals surface area contributed by atoms with Gasteiger partial charge in [0, 0.05) is 12.2 Å². The molecule has 0 aliphatic carbocycles. The number of nitrogen functional groups attached to an aromatic ring is 1. The molecule has 34 heavy (non-hydrogen) atoms. The number of pyridine rings is 1. The maximum Gasteiger partial charge on any atom is 0.586 e. The predicted octanol–water partition coefficient (Wildman–Crippen LogP) is 1.54. The average molecular weight is 478 g/mol. The molecule has 1 saturated heterocycles. The van der Waals surface area contributed by atoms with Crippen LogP contribution in [-0.4, -0.2) is 52.2 Å². The van der Waals surface area contributed by atoms with Gasteiger partial charge in [0.1, 0.15) is 11.9 Å². The molecule has 3 heterocycles. The smallest absolute Gasteiger partial charge is 0.464 e. The van der Waals surface area contributed by atoms with Gasteiger partial charge in [-0.25, -0.2) is 9.78 Å². The number of β-lactam (4-membered cyclic amide) rings is 1. The number of hydrogen-bond acceptors (Lipinski definition) is 9. The summed E-state index contributed by atoms with van der Waals surface area (Å²) in [5, 5.41) is 13.5. The van der Waals surface area contributed by atoms with Gasteiger partial charge < -0.3 is 25.1 Å². The topological polar surface area (TPSA) is 136 Å². The number of carbonyl (C=O) groups is 2. The van der Waals surface area contributed by atoms with Crippen molar-refractivity contribution in [1.29, 1.82) is 0 Å². The van der Waals surface area contributed by atoms with Gasteiger partial charge in [-0.1, -0.05) is 6.07 Å². The molecule has 2 aromatic rings. The summed E-state index contributed by atoms with van der Waals surface area (Å²) in [6.45, 7) is 3.40. The molecule has 1 aromatic heterocycles. The molecule has 1 unspecified atom stereocenters. The fourth-order valence-corrected chi connectivity index (χ4v) is 4.06. The maximum atomic E-state index is 13.3. The zero-order valence-electron chi connectivity index (χ0n) is 18.4. The van der Waals surface area contributed by atoms with E-state index in [0.717, 1.165) is 4.90 Å². The summed E-state index contributed by atoms with van der Waals surface area (Å²) in [5.41, 5.74) is 6.90. The minimum absolute atomic E-state index is 0.105. The minimum atomic E-state index is -3.75. The Labute approximate surface area is 193 Å². The Bertz CT molecular complexity index is 1100. The van der Waals surface area contributed by atoms with Gasteiger partial charge in [-0.3, -0.25) is 15.0 Å². The standard InChI is InChI=1S/C22H24F2N4O6/c1-3-32-20(30)18-14(8-12-6-7-26-17(25)9-12)19(29)28(18)21(31)27-11(2)13-4-5-15-16(10-13)34-22(23,24)33-15/h4-7,9-11,14,18,21,27,31H,3,8H2,1-2H3,(H2,25,26)/t11-,14-,18+,21?/m1/s1. The largest absolute Gasteiger partial charge is 0.586 e. The van der Waals surface area contributed by atoms with Crippen molar-refractivity contribution < 1.29 is 37.7 Å². The number of carbonyl (C=O) groups excluding carboxylic acids is 2. The summed E-state index contributed by atoms with van der Waals surface area (Å²) < 4.78 is 40.5. The van der Waals surface area contributed by atoms with E-state index in [9.17, 15) is 23.5 Å². The number of nitrogens with one attached hydrogen (secondary N) is 1. The maximum absolute atomic E-state index is 13.3. The van der Waals surface area contributed by atoms with E-state index in [1.807, 2.05) is 0 Å². The van der Waals surface area contributed by atoms with E-state index in [0.29, 0.717) is 11.1 Å². The normalized spacial score (nSPS) is 22.1. The van der Waals surface area contributed by atoms with Gasteiger partial charge in [-0.2, -0.15) is 0 Å². The molecule has 2 aliphatic rings. The van der Waals surface area contributed by atoms with Crippen molar-refractivity contribution in [2.24, 2.45) is 5.92 Å². The summed E-state index contributed by atoms with van der Waals surface area (Å²) >= 11 is 0. The predicted molar refractivity (Wildman–Crippen MR) is 113 cm³/mol. The molecule has 0 bridgehead atoms. The highest BCUT2D eigenvalue weighted by Gasteiger charge is 2.54. The fourth-order valence-electron chi connectivity index (χ4n) is 4.06. The lowest BCUT2D eigenvalue weighted by Gasteiger charge is -2.48. The van der Waals surface area contributed by atoms with E-state index in [1.165, 1.54) is 24.4 Å². The molecule has 10 nitrogen and oxygen atoms in total. The van der Waals surface area contributed by atoms with Gasteiger partial charge in [0.15, 0.2) is 17.9 Å². The van der Waals surface area contributed by atoms with Gasteiger partial charge in [-0.05, 0) is 55.7 Å². The fraction of sp³-hybridized carbons (Fsp3) is 0.409. The van der Waals surface area contributed by atoms with E-state index >= 15 is 0 Å². The number of hydrogen-bond donors (Lipinski definition) is 3. The lowest BCUT2D eigenvalue weighted by Crippen LogP contribution is -2.70. The zero-order chi connectivity index (χ0) is 24.6. The molecular formula is C22H24F2N4O6. The first-order valence-electron chi connectivity index (χ1n) is 10.6. The number of benzene rings is 1. The van der Waals surface area contributed by atoms with Crippen molar-refractivity contribution in [3.8, 4) is 11.5 Å². The quantitative estimate of drug-likeness (QED) is 0.293. The van der Waals surface area contributed by atoms with Crippen LogP contribution in [0.4, 0.5) is 14.6 Å². The van der Waals surface area contributed by atoms with Crippen molar-refractivity contribution in [2.45, 2.75) is 45.0 Å². The van der Waals surface area contributed by atoms with Crippen molar-refractivity contribution in [1.82, 2.24) is 15.2 Å². The number of aromatic nitrogens is 1. The van der Waals surface area contributed by atoms with Crippen molar-refractivity contribution >= 4 is 17.7 Å². The van der Waals surface area contributed by atoms with Crippen LogP contribution in [-0.2, 0) is 20.7 Å². The molecule has 182 valence electrons. The van der Waals surface area contributed by atoms with Gasteiger partial charge in [-0.15, -0.1) is 8.78 Å². The van der Waals surface area contributed by atoms with Crippen molar-refractivity contribution in [2.75, 3.05) is 12.3 Å². The Morgan fingerprint density at radius 2 is 2.06 bits per heavy atom. The van der Waals surface area contributed by atoms with Crippen LogP contribution in [0.15, 0.2) is 36.5 Å². The van der Waals surface area contributed by atoms with Gasteiger partial charge in [0.25, 0.3) is 0 Å². The molecule has 0 saturated carbocycles. The summed E-state index contributed by atoms with van der Waals surface area (Å²) in [5.74, 6) is -1.82. The number of nitrogens with two attached hydrogens (primary N) is 1. The minimum Gasteiger partial charge on any atom is -0.464 e. The molecular weight excluding hydrogens is 454 g/mol. The number of halogens is 2. The number of alkyl halides is 2. The first-order chi connectivity index (χ1) is 16.1. The van der Waals surface area contributed by atoms with Crippen LogP contribution in [0, 0.1) is 5.92 Å². The number of aliphatic hydroxyl groups excluding tert-OH is 1. The Kier molecular flexibility index (Phi) is 6.28. The highest BCUT2D eigenvalue weighted by atomic mass is 19.3. The lowest BCUT2D eigenvalue weighted by atomic mass is 9.82. The number of anilines is 1. The number of fused-ring (bicyclic) bond motifs is 1. The van der Waals surface area contributed by atoms with Gasteiger partial charge in [0.05, 0.1) is 12.5 Å². The Morgan fingerprint density at radius 3 is 2.76 bits per heavy atom. The third-order valence-electron chi connectivity index (χ3n) is 5.67. The van der Waals surface area contributed by atoms with Gasteiger partial charge in [0.2, 0.25) is 5.91 Å². The van der Waals surface area contributed by atoms with Crippen LogP contribution < -0.4 is 20.5 Å². The number of aliphatic hydroxyl groups is 1. The molecule has 4 atom stereocenters. The Balaban J connectivity index is 1.47. The van der Waals surface area contributed by atoms with E-state index in [4.69, 9.17) is 10.5 Å². The molecule has 0 spiro atoms. The number of rotatable bonds is 8. The summed E-state index contributed by atoms with van der Waals surface area (Å²) in [6.07, 6.45) is -3.57. The van der Waals surface area contributed by atoms with Crippen LogP contribution in [0.3, 0.4) is 0 Å². The summed E-state index contributed by atoms with van der Waals surface area (Å²) in [7, 11) is 0. The van der Waals surface area contributed by atoms with E-state index in [2.05, 4.69) is 19.8 Å². The third-order valence-corrected chi connectivity index (χ3v) is 5.67. The number of ether oxygens (including phenoxy) is 3. The zero-order valence-corrected chi connectivity index (χ0v) is 18.4. The second-order valence-corrected chi connectivity index (χ2v) is 7.98. The third kappa shape index (κ3) is 4.59. The average Bonchev–Trinajstić information content (AvgIpc) is 3.08. The Hall–Kier alpha value is -3.51.